The van der Waals surface area contributed by atoms with Crippen LogP contribution in [0, 0.1) is 11.8 Å². The fraction of sp³-hybridized carbons (Fsp3) is 0.482. The van der Waals surface area contributed by atoms with Crippen LogP contribution in [-0.4, -0.2) is 124 Å². The number of hydrogen-bond donors (Lipinski definition) is 7. The van der Waals surface area contributed by atoms with Gasteiger partial charge in [-0.1, -0.05) is 59.2 Å². The molecular weight excluding hydrogens is 1000 g/mol. The fourth-order valence-electron chi connectivity index (χ4n) is 9.37. The summed E-state index contributed by atoms with van der Waals surface area (Å²) in [5.41, 5.74) is 16.5. The number of nitrogens with zero attached hydrogens (tertiary/aromatic N) is 5. The Morgan fingerprint density at radius 2 is 1.63 bits per heavy atom. The van der Waals surface area contributed by atoms with Crippen molar-refractivity contribution >= 4 is 82.4 Å². The Kier molecular flexibility index (Phi) is 21.4. The predicted molar refractivity (Wildman–Crippen MR) is 294 cm³/mol. The van der Waals surface area contributed by atoms with Gasteiger partial charge in [0.25, 0.3) is 5.91 Å². The van der Waals surface area contributed by atoms with E-state index in [1.54, 1.807) is 86.5 Å². The van der Waals surface area contributed by atoms with Crippen molar-refractivity contribution in [2.24, 2.45) is 28.3 Å². The van der Waals surface area contributed by atoms with Crippen LogP contribution in [0.4, 0.5) is 26.7 Å². The van der Waals surface area contributed by atoms with Gasteiger partial charge in [0.05, 0.1) is 24.1 Å². The number of likely N-dealkylation sites (tertiary alicyclic amines) is 1. The SMILES string of the molecule is CCCN(CCC)C(=O)C1=Cc2ccc(C(=O)Nc3cnc4c(c3)CN(C(=O)OCc3ccc(NC(=O)C(CCCNC(N)=O)NC(=O)C(NC(=O)CCCCCN5C(=O)CC(C)C5=O)C(C)C)cc3)CC4)cc2N=C(N)C1. The highest BCUT2D eigenvalue weighted by molar-refractivity contribution is 6.08. The molecule has 22 nitrogen and oxygen atoms in total. The van der Waals surface area contributed by atoms with E-state index in [-0.39, 0.29) is 86.7 Å². The largest absolute Gasteiger partial charge is 0.445 e. The third kappa shape index (κ3) is 16.7. The number of unbranched alkanes of at least 4 members (excludes halogenated alkanes) is 2. The minimum Gasteiger partial charge on any atom is -0.445 e. The lowest BCUT2D eigenvalue weighted by Gasteiger charge is -2.28. The van der Waals surface area contributed by atoms with E-state index >= 15 is 0 Å². The molecule has 10 amide bonds. The number of nitrogens with two attached hydrogens (primary N) is 2. The molecule has 3 atom stereocenters. The minimum atomic E-state index is -1.06. The molecule has 1 aromatic heterocycles. The maximum Gasteiger partial charge on any atom is 0.410 e. The minimum absolute atomic E-state index is 0.0708. The topological polar surface area (TPSA) is 310 Å². The van der Waals surface area contributed by atoms with Crippen molar-refractivity contribution in [1.82, 2.24) is 35.6 Å². The molecule has 0 saturated carbocycles. The van der Waals surface area contributed by atoms with Gasteiger partial charge in [-0.3, -0.25) is 43.4 Å². The molecule has 78 heavy (non-hydrogen) atoms. The van der Waals surface area contributed by atoms with Crippen LogP contribution in [0.3, 0.4) is 0 Å². The number of amidine groups is 1. The Balaban J connectivity index is 0.988. The standard InChI is InChI=1S/C56H74N12O10/c1-6-22-66(23-7-2)54(75)39-27-37-16-17-38(29-45(37)63-46(57)30-39)50(71)62-42-28-40-32-67(25-20-43(40)60-31-42)56(77)78-33-36-14-18-41(19-15-36)61-51(72)44(12-11-21-59-55(58)76)64-52(73)49(34(3)4)65-47(69)13-9-8-10-24-68-48(70)26-35(5)53(68)74/h14-19,27-29,31,34-35,44,49H,6-13,20-26,30,32-33H2,1-5H3,(H2,57,63)(H,61,72)(H,62,71)(H,64,73)(H,65,69)(H3,58,59,76). The molecule has 3 unspecified atom stereocenters. The van der Waals surface area contributed by atoms with E-state index in [1.165, 1.54) is 4.90 Å². The number of urea groups is 1. The maximum atomic E-state index is 13.7. The first-order valence-electron chi connectivity index (χ1n) is 26.9. The molecule has 3 aromatic rings. The van der Waals surface area contributed by atoms with Gasteiger partial charge in [-0.25, -0.2) is 14.6 Å². The second kappa shape index (κ2) is 28.3. The Bertz CT molecular complexity index is 2770. The lowest BCUT2D eigenvalue weighted by atomic mass is 10.0. The summed E-state index contributed by atoms with van der Waals surface area (Å²) in [7, 11) is 0. The Hall–Kier alpha value is -8.17. The van der Waals surface area contributed by atoms with Gasteiger partial charge in [0.2, 0.25) is 35.4 Å². The van der Waals surface area contributed by atoms with Crippen molar-refractivity contribution in [3.05, 3.63) is 88.2 Å². The molecule has 1 fully saturated rings. The highest BCUT2D eigenvalue weighted by atomic mass is 16.6. The first-order valence-corrected chi connectivity index (χ1v) is 26.9. The van der Waals surface area contributed by atoms with Crippen molar-refractivity contribution in [3.8, 4) is 0 Å². The molecule has 0 bridgehead atoms. The number of anilines is 2. The quantitative estimate of drug-likeness (QED) is 0.0413. The monoisotopic (exact) mass is 1070 g/mol. The van der Waals surface area contributed by atoms with Crippen LogP contribution in [0.15, 0.2) is 65.3 Å². The summed E-state index contributed by atoms with van der Waals surface area (Å²) in [5, 5.41) is 13.7. The highest BCUT2D eigenvalue weighted by Gasteiger charge is 2.35. The molecule has 0 radical (unpaired) electrons. The van der Waals surface area contributed by atoms with Crippen LogP contribution in [0.25, 0.3) is 6.08 Å². The number of rotatable bonds is 25. The van der Waals surface area contributed by atoms with Gasteiger partial charge in [-0.15, -0.1) is 0 Å². The summed E-state index contributed by atoms with van der Waals surface area (Å²) in [5.74, 6) is -2.69. The van der Waals surface area contributed by atoms with E-state index in [1.807, 2.05) is 18.7 Å². The zero-order chi connectivity index (χ0) is 56.5. The van der Waals surface area contributed by atoms with Crippen LogP contribution in [-0.2, 0) is 53.1 Å². The van der Waals surface area contributed by atoms with Gasteiger partial charge in [0, 0.05) is 92.4 Å². The summed E-state index contributed by atoms with van der Waals surface area (Å²) >= 11 is 0. The van der Waals surface area contributed by atoms with E-state index in [0.717, 1.165) is 24.1 Å². The molecule has 418 valence electrons. The lowest BCUT2D eigenvalue weighted by Crippen LogP contribution is -2.54. The van der Waals surface area contributed by atoms with Gasteiger partial charge in [-0.05, 0) is 92.0 Å². The number of fused-ring (bicyclic) bond motifs is 2. The first kappa shape index (κ1) is 59.1. The third-order valence-electron chi connectivity index (χ3n) is 13.6. The zero-order valence-corrected chi connectivity index (χ0v) is 45.3. The molecule has 22 heteroatoms. The lowest BCUT2D eigenvalue weighted by molar-refractivity contribution is -0.139. The van der Waals surface area contributed by atoms with Crippen LogP contribution >= 0.6 is 0 Å². The van der Waals surface area contributed by atoms with E-state index in [9.17, 15) is 43.2 Å². The van der Waals surface area contributed by atoms with Crippen molar-refractivity contribution in [2.75, 3.05) is 43.4 Å². The number of amides is 10. The number of ether oxygens (including phenoxy) is 1. The molecule has 6 rings (SSSR count). The van der Waals surface area contributed by atoms with Crippen molar-refractivity contribution in [1.29, 1.82) is 0 Å². The third-order valence-corrected chi connectivity index (χ3v) is 13.6. The molecule has 4 heterocycles. The average Bonchev–Trinajstić information content (AvgIpc) is 3.53. The Morgan fingerprint density at radius 3 is 2.31 bits per heavy atom. The van der Waals surface area contributed by atoms with Gasteiger partial charge >= 0.3 is 12.1 Å². The summed E-state index contributed by atoms with van der Waals surface area (Å²) < 4.78 is 5.68. The summed E-state index contributed by atoms with van der Waals surface area (Å²) in [6.45, 7) is 11.5. The first-order chi connectivity index (χ1) is 37.3. The zero-order valence-electron chi connectivity index (χ0n) is 45.3. The number of aliphatic imine (C=N–C) groups is 1. The van der Waals surface area contributed by atoms with E-state index in [4.69, 9.17) is 16.2 Å². The predicted octanol–water partition coefficient (Wildman–Crippen LogP) is 5.42. The maximum absolute atomic E-state index is 13.7. The van der Waals surface area contributed by atoms with Crippen LogP contribution < -0.4 is 38.1 Å². The van der Waals surface area contributed by atoms with Gasteiger partial charge in [0.1, 0.15) is 24.5 Å². The molecular formula is C56H74N12O10. The summed E-state index contributed by atoms with van der Waals surface area (Å²) in [4.78, 5) is 130. The van der Waals surface area contributed by atoms with Gasteiger partial charge in [-0.2, -0.15) is 0 Å². The number of carbonyl (C=O) groups is 9. The molecule has 1 saturated heterocycles. The van der Waals surface area contributed by atoms with Crippen molar-refractivity contribution in [2.45, 2.75) is 130 Å². The average molecular weight is 1080 g/mol. The molecule has 0 spiro atoms. The Morgan fingerprint density at radius 1 is 0.885 bits per heavy atom. The number of imide groups is 1. The van der Waals surface area contributed by atoms with Gasteiger partial charge in [0.15, 0.2) is 0 Å². The number of nitrogens with one attached hydrogen (secondary N) is 5. The smallest absolute Gasteiger partial charge is 0.410 e. The van der Waals surface area contributed by atoms with E-state index in [0.29, 0.717) is 97.6 Å². The second-order valence-electron chi connectivity index (χ2n) is 20.3. The van der Waals surface area contributed by atoms with Crippen LogP contribution in [0.1, 0.15) is 132 Å². The number of benzene rings is 2. The Labute approximate surface area is 454 Å². The van der Waals surface area contributed by atoms with Crippen LogP contribution in [0.2, 0.25) is 0 Å². The number of carbonyl (C=O) groups excluding carboxylic acids is 9. The molecule has 3 aliphatic rings. The second-order valence-corrected chi connectivity index (χ2v) is 20.3. The van der Waals surface area contributed by atoms with E-state index in [2.05, 4.69) is 36.6 Å². The summed E-state index contributed by atoms with van der Waals surface area (Å²) in [6.07, 6.45) is 7.53. The molecule has 3 aliphatic heterocycles. The molecule has 9 N–H and O–H groups in total. The summed E-state index contributed by atoms with van der Waals surface area (Å²) in [6, 6.07) is 10.7. The number of primary amides is 1. The number of hydrogen-bond acceptors (Lipinski definition) is 13. The highest BCUT2D eigenvalue weighted by Crippen LogP contribution is 2.30. The number of pyridine rings is 1. The van der Waals surface area contributed by atoms with Gasteiger partial charge < -0.3 is 52.6 Å². The van der Waals surface area contributed by atoms with Crippen LogP contribution in [0.5, 0.6) is 0 Å². The van der Waals surface area contributed by atoms with Crippen molar-refractivity contribution < 1.29 is 47.9 Å². The number of aromatic nitrogens is 1. The fourth-order valence-corrected chi connectivity index (χ4v) is 9.37. The molecule has 0 aliphatic carbocycles. The van der Waals surface area contributed by atoms with Crippen molar-refractivity contribution in [3.63, 3.8) is 0 Å². The normalized spacial score (nSPS) is 15.6. The van der Waals surface area contributed by atoms with E-state index < -0.39 is 41.9 Å². The molecule has 2 aromatic carbocycles.